The van der Waals surface area contributed by atoms with Gasteiger partial charge in [-0.3, -0.25) is 0 Å². The average molecular weight is 191 g/mol. The van der Waals surface area contributed by atoms with Crippen LogP contribution in [0, 0.1) is 17.8 Å². The second kappa shape index (κ2) is 2.88. The minimum absolute atomic E-state index is 0.753. The molecular weight excluding hydrogens is 178 g/mol. The zero-order valence-electron chi connectivity index (χ0n) is 7.87. The fourth-order valence-corrected chi connectivity index (χ4v) is 2.55. The number of hydrogen-bond acceptors (Lipinski definition) is 5. The lowest BCUT2D eigenvalue weighted by molar-refractivity contribution is 0.635. The number of anilines is 1. The van der Waals surface area contributed by atoms with E-state index in [0.29, 0.717) is 0 Å². The van der Waals surface area contributed by atoms with Crippen LogP contribution in [0.5, 0.6) is 0 Å². The van der Waals surface area contributed by atoms with Crippen LogP contribution in [0.25, 0.3) is 0 Å². The van der Waals surface area contributed by atoms with Crippen molar-refractivity contribution in [1.82, 2.24) is 15.2 Å². The molecule has 0 amide bonds. The van der Waals surface area contributed by atoms with E-state index in [1.165, 1.54) is 0 Å². The summed E-state index contributed by atoms with van der Waals surface area (Å²) >= 11 is 0. The van der Waals surface area contributed by atoms with Crippen LogP contribution in [0.15, 0.2) is 12.4 Å². The van der Waals surface area contributed by atoms with Gasteiger partial charge in [0.2, 0.25) is 5.95 Å². The summed E-state index contributed by atoms with van der Waals surface area (Å²) < 4.78 is 0. The molecule has 1 aromatic rings. The first-order chi connectivity index (χ1) is 6.90. The molecule has 2 aliphatic rings. The van der Waals surface area contributed by atoms with E-state index in [4.69, 9.17) is 5.73 Å². The minimum atomic E-state index is 0.753. The van der Waals surface area contributed by atoms with Gasteiger partial charge < -0.3 is 10.6 Å². The molecule has 0 radical (unpaired) electrons. The molecule has 1 saturated heterocycles. The maximum absolute atomic E-state index is 5.65. The lowest BCUT2D eigenvalue weighted by Gasteiger charge is -2.17. The van der Waals surface area contributed by atoms with Crippen LogP contribution in [0.2, 0.25) is 0 Å². The van der Waals surface area contributed by atoms with Crippen molar-refractivity contribution in [2.45, 2.75) is 0 Å². The van der Waals surface area contributed by atoms with Crippen molar-refractivity contribution in [2.24, 2.45) is 23.5 Å². The lowest BCUT2D eigenvalue weighted by Crippen LogP contribution is -2.27. The second-order valence-corrected chi connectivity index (χ2v) is 4.07. The summed E-state index contributed by atoms with van der Waals surface area (Å²) in [5.41, 5.74) is 5.65. The fraction of sp³-hybridized carbons (Fsp3) is 0.667. The third-order valence-corrected chi connectivity index (χ3v) is 3.40. The Bertz CT molecular complexity index is 315. The van der Waals surface area contributed by atoms with Gasteiger partial charge >= 0.3 is 0 Å². The molecule has 5 heteroatoms. The molecule has 2 heterocycles. The third kappa shape index (κ3) is 1.09. The van der Waals surface area contributed by atoms with Crippen molar-refractivity contribution in [2.75, 3.05) is 24.5 Å². The smallest absolute Gasteiger partial charge is 0.245 e. The lowest BCUT2D eigenvalue weighted by atomic mass is 10.3. The molecule has 5 nitrogen and oxygen atoms in total. The van der Waals surface area contributed by atoms with Crippen molar-refractivity contribution >= 4 is 5.95 Å². The van der Waals surface area contributed by atoms with E-state index in [0.717, 1.165) is 43.3 Å². The van der Waals surface area contributed by atoms with Gasteiger partial charge in [0.05, 0.1) is 12.4 Å². The number of fused-ring (bicyclic) bond motifs is 1. The van der Waals surface area contributed by atoms with Gasteiger partial charge in [0.15, 0.2) is 0 Å². The molecule has 0 spiro atoms. The Hall–Kier alpha value is -1.23. The third-order valence-electron chi connectivity index (χ3n) is 3.40. The number of piperidine rings is 1. The molecule has 2 unspecified atom stereocenters. The number of nitrogens with zero attached hydrogens (tertiary/aromatic N) is 4. The number of hydrogen-bond donors (Lipinski definition) is 1. The van der Waals surface area contributed by atoms with Crippen molar-refractivity contribution in [3.63, 3.8) is 0 Å². The van der Waals surface area contributed by atoms with E-state index in [9.17, 15) is 0 Å². The fourth-order valence-electron chi connectivity index (χ4n) is 2.55. The molecule has 1 aliphatic carbocycles. The maximum atomic E-state index is 5.65. The van der Waals surface area contributed by atoms with E-state index < -0.39 is 0 Å². The molecule has 0 bridgehead atoms. The van der Waals surface area contributed by atoms with Crippen molar-refractivity contribution in [3.8, 4) is 0 Å². The first kappa shape index (κ1) is 8.11. The largest absolute Gasteiger partial charge is 0.339 e. The Morgan fingerprint density at radius 2 is 2.14 bits per heavy atom. The monoisotopic (exact) mass is 191 g/mol. The molecule has 2 fully saturated rings. The number of nitrogens with two attached hydrogens (primary N) is 1. The highest BCUT2D eigenvalue weighted by Crippen LogP contribution is 2.51. The average Bonchev–Trinajstić information content (AvgIpc) is 2.72. The van der Waals surface area contributed by atoms with Gasteiger partial charge in [0, 0.05) is 13.1 Å². The normalized spacial score (nSPS) is 34.4. The highest BCUT2D eigenvalue weighted by molar-refractivity contribution is 5.33. The molecule has 1 saturated carbocycles. The van der Waals surface area contributed by atoms with Gasteiger partial charge in [-0.15, -0.1) is 5.10 Å². The van der Waals surface area contributed by atoms with E-state index in [1.54, 1.807) is 12.4 Å². The van der Waals surface area contributed by atoms with Crippen molar-refractivity contribution in [1.29, 1.82) is 0 Å². The van der Waals surface area contributed by atoms with E-state index in [2.05, 4.69) is 20.1 Å². The minimum Gasteiger partial charge on any atom is -0.339 e. The van der Waals surface area contributed by atoms with Gasteiger partial charge in [-0.05, 0) is 24.3 Å². The maximum Gasteiger partial charge on any atom is 0.245 e. The first-order valence-corrected chi connectivity index (χ1v) is 4.99. The van der Waals surface area contributed by atoms with E-state index >= 15 is 0 Å². The quantitative estimate of drug-likeness (QED) is 0.683. The van der Waals surface area contributed by atoms with E-state index in [1.807, 2.05) is 0 Å². The Morgan fingerprint density at radius 1 is 1.36 bits per heavy atom. The van der Waals surface area contributed by atoms with Gasteiger partial charge in [0.1, 0.15) is 0 Å². The topological polar surface area (TPSA) is 67.9 Å². The second-order valence-electron chi connectivity index (χ2n) is 4.07. The van der Waals surface area contributed by atoms with Crippen LogP contribution in [0.1, 0.15) is 0 Å². The number of aromatic nitrogens is 3. The molecule has 2 atom stereocenters. The molecule has 74 valence electrons. The summed E-state index contributed by atoms with van der Waals surface area (Å²) in [7, 11) is 0. The highest BCUT2D eigenvalue weighted by Gasteiger charge is 2.55. The Morgan fingerprint density at radius 3 is 2.71 bits per heavy atom. The van der Waals surface area contributed by atoms with E-state index in [-0.39, 0.29) is 0 Å². The van der Waals surface area contributed by atoms with Gasteiger partial charge in [-0.2, -0.15) is 5.10 Å². The molecule has 2 N–H and O–H groups in total. The van der Waals surface area contributed by atoms with Crippen molar-refractivity contribution in [3.05, 3.63) is 12.4 Å². The predicted molar refractivity (Wildman–Crippen MR) is 51.6 cm³/mol. The summed E-state index contributed by atoms with van der Waals surface area (Å²) in [6.07, 6.45) is 3.29. The summed E-state index contributed by atoms with van der Waals surface area (Å²) in [6.45, 7) is 2.94. The SMILES string of the molecule is NCC1C2CN(c3nccnn3)CC12. The Balaban J connectivity index is 1.70. The zero-order chi connectivity index (χ0) is 9.54. The standard InChI is InChI=1S/C9H13N5/c10-3-6-7-4-14(5-8(6)7)9-11-1-2-12-13-9/h1-2,6-8H,3-5,10H2. The van der Waals surface area contributed by atoms with Crippen molar-refractivity contribution < 1.29 is 0 Å². The molecule has 1 aliphatic heterocycles. The summed E-state index contributed by atoms with van der Waals surface area (Å²) in [4.78, 5) is 6.39. The van der Waals surface area contributed by atoms with Crippen LogP contribution in [0.4, 0.5) is 5.95 Å². The summed E-state index contributed by atoms with van der Waals surface area (Å²) in [6, 6.07) is 0. The first-order valence-electron chi connectivity index (χ1n) is 4.99. The number of rotatable bonds is 2. The summed E-state index contributed by atoms with van der Waals surface area (Å²) in [5, 5.41) is 7.83. The molecule has 14 heavy (non-hydrogen) atoms. The summed E-state index contributed by atoms with van der Waals surface area (Å²) in [5.74, 6) is 3.08. The van der Waals surface area contributed by atoms with Gasteiger partial charge in [-0.1, -0.05) is 0 Å². The molecule has 0 aromatic carbocycles. The van der Waals surface area contributed by atoms with Crippen LogP contribution in [-0.4, -0.2) is 34.8 Å². The van der Waals surface area contributed by atoms with Crippen LogP contribution in [0.3, 0.4) is 0 Å². The molecule has 1 aromatic heterocycles. The highest BCUT2D eigenvalue weighted by atomic mass is 15.3. The van der Waals surface area contributed by atoms with Crippen LogP contribution < -0.4 is 10.6 Å². The zero-order valence-corrected chi connectivity index (χ0v) is 7.87. The molecule has 3 rings (SSSR count). The van der Waals surface area contributed by atoms with Gasteiger partial charge in [-0.25, -0.2) is 4.98 Å². The van der Waals surface area contributed by atoms with Gasteiger partial charge in [0.25, 0.3) is 0 Å². The van der Waals surface area contributed by atoms with Crippen LogP contribution >= 0.6 is 0 Å². The predicted octanol–water partition coefficient (Wildman–Crippen LogP) is -0.488. The van der Waals surface area contributed by atoms with Crippen LogP contribution in [-0.2, 0) is 0 Å². The molecular formula is C9H13N5. The Labute approximate surface area is 82.3 Å². The Kier molecular flexibility index (Phi) is 1.67.